The molecule has 0 aliphatic carbocycles. The van der Waals surface area contributed by atoms with Gasteiger partial charge in [-0.05, 0) is 24.1 Å². The van der Waals surface area contributed by atoms with Crippen LogP contribution in [0.5, 0.6) is 11.5 Å². The maximum Gasteiger partial charge on any atom is 0.231 e. The minimum Gasteiger partial charge on any atom is -0.454 e. The van der Waals surface area contributed by atoms with Crippen LogP contribution in [-0.4, -0.2) is 58.4 Å². The van der Waals surface area contributed by atoms with Gasteiger partial charge in [0.25, 0.3) is 0 Å². The van der Waals surface area contributed by atoms with E-state index in [1.807, 2.05) is 25.1 Å². The molecule has 1 heterocycles. The first-order valence-electron chi connectivity index (χ1n) is 8.22. The second-order valence-electron chi connectivity index (χ2n) is 5.65. The minimum atomic E-state index is -3.13. The molecule has 0 radical (unpaired) electrons. The minimum absolute atomic E-state index is 0.262. The molecule has 2 rings (SSSR count). The summed E-state index contributed by atoms with van der Waals surface area (Å²) < 4.78 is 35.2. The summed E-state index contributed by atoms with van der Waals surface area (Å²) in [5, 5.41) is 6.40. The molecule has 8 nitrogen and oxygen atoms in total. The molecule has 9 heteroatoms. The lowest BCUT2D eigenvalue weighted by Gasteiger charge is -2.18. The quantitative estimate of drug-likeness (QED) is 0.399. The highest BCUT2D eigenvalue weighted by Gasteiger charge is 2.14. The number of nitrogens with zero attached hydrogens (tertiary/aromatic N) is 2. The Morgan fingerprint density at radius 3 is 2.72 bits per heavy atom. The van der Waals surface area contributed by atoms with E-state index in [1.165, 1.54) is 10.6 Å². The largest absolute Gasteiger partial charge is 0.454 e. The van der Waals surface area contributed by atoms with Crippen LogP contribution in [0.25, 0.3) is 0 Å². The number of sulfonamides is 1. The summed E-state index contributed by atoms with van der Waals surface area (Å²) in [6.45, 7) is 4.29. The monoisotopic (exact) mass is 370 g/mol. The third-order valence-electron chi connectivity index (χ3n) is 3.82. The lowest BCUT2D eigenvalue weighted by Crippen LogP contribution is -2.39. The highest BCUT2D eigenvalue weighted by Crippen LogP contribution is 2.32. The van der Waals surface area contributed by atoms with Crippen molar-refractivity contribution >= 4 is 16.0 Å². The molecule has 1 aromatic rings. The maximum absolute atomic E-state index is 11.5. The molecule has 2 N–H and O–H groups in total. The highest BCUT2D eigenvalue weighted by molar-refractivity contribution is 7.88. The number of hydrogen-bond donors (Lipinski definition) is 2. The van der Waals surface area contributed by atoms with Gasteiger partial charge in [-0.15, -0.1) is 0 Å². The Morgan fingerprint density at radius 2 is 2.04 bits per heavy atom. The molecule has 0 amide bonds. The van der Waals surface area contributed by atoms with E-state index >= 15 is 0 Å². The molecular formula is C16H26N4O4S. The van der Waals surface area contributed by atoms with Gasteiger partial charge in [-0.1, -0.05) is 13.0 Å². The molecule has 140 valence electrons. The van der Waals surface area contributed by atoms with Crippen molar-refractivity contribution in [2.75, 3.05) is 39.7 Å². The SMILES string of the molecule is CCN(CCCNC(=NC)NCc1ccc2c(c1)OCO2)S(C)(=O)=O. The first-order chi connectivity index (χ1) is 11.9. The van der Waals surface area contributed by atoms with Crippen molar-refractivity contribution in [1.82, 2.24) is 14.9 Å². The second-order valence-corrected chi connectivity index (χ2v) is 7.63. The Hall–Kier alpha value is -2.00. The van der Waals surface area contributed by atoms with E-state index in [4.69, 9.17) is 9.47 Å². The van der Waals surface area contributed by atoms with Gasteiger partial charge < -0.3 is 20.1 Å². The third kappa shape index (κ3) is 5.79. The van der Waals surface area contributed by atoms with Crippen LogP contribution in [0.3, 0.4) is 0 Å². The average Bonchev–Trinajstić information content (AvgIpc) is 3.04. The average molecular weight is 370 g/mol. The van der Waals surface area contributed by atoms with Gasteiger partial charge in [-0.2, -0.15) is 0 Å². The Bertz CT molecular complexity index is 706. The first kappa shape index (κ1) is 19.3. The van der Waals surface area contributed by atoms with Crippen molar-refractivity contribution in [3.63, 3.8) is 0 Å². The molecule has 0 aromatic heterocycles. The van der Waals surface area contributed by atoms with Crippen molar-refractivity contribution < 1.29 is 17.9 Å². The molecule has 0 atom stereocenters. The number of rotatable bonds is 8. The predicted octanol–water partition coefficient (Wildman–Crippen LogP) is 0.752. The Kier molecular flexibility index (Phi) is 6.89. The fraction of sp³-hybridized carbons (Fsp3) is 0.562. The Morgan fingerprint density at radius 1 is 1.28 bits per heavy atom. The van der Waals surface area contributed by atoms with Crippen molar-refractivity contribution in [3.8, 4) is 11.5 Å². The van der Waals surface area contributed by atoms with E-state index in [9.17, 15) is 8.42 Å². The molecule has 0 bridgehead atoms. The van der Waals surface area contributed by atoms with Crippen molar-refractivity contribution in [3.05, 3.63) is 23.8 Å². The Balaban J connectivity index is 1.74. The van der Waals surface area contributed by atoms with Crippen LogP contribution < -0.4 is 20.1 Å². The van der Waals surface area contributed by atoms with E-state index in [0.29, 0.717) is 38.6 Å². The zero-order valence-corrected chi connectivity index (χ0v) is 15.7. The number of fused-ring (bicyclic) bond motifs is 1. The van der Waals surface area contributed by atoms with Crippen LogP contribution in [0.15, 0.2) is 23.2 Å². The topological polar surface area (TPSA) is 92.3 Å². The van der Waals surface area contributed by atoms with Crippen LogP contribution >= 0.6 is 0 Å². The number of benzene rings is 1. The first-order valence-corrected chi connectivity index (χ1v) is 10.1. The maximum atomic E-state index is 11.5. The number of ether oxygens (including phenoxy) is 2. The van der Waals surface area contributed by atoms with Crippen LogP contribution in [0.4, 0.5) is 0 Å². The molecule has 0 saturated heterocycles. The molecule has 0 fully saturated rings. The van der Waals surface area contributed by atoms with Gasteiger partial charge in [0.2, 0.25) is 16.8 Å². The normalized spacial score (nSPS) is 14.0. The smallest absolute Gasteiger partial charge is 0.231 e. The van der Waals surface area contributed by atoms with E-state index in [1.54, 1.807) is 7.05 Å². The fourth-order valence-corrected chi connectivity index (χ4v) is 3.41. The lowest BCUT2D eigenvalue weighted by molar-refractivity contribution is 0.174. The zero-order chi connectivity index (χ0) is 18.3. The van der Waals surface area contributed by atoms with Crippen LogP contribution in [0.1, 0.15) is 18.9 Å². The van der Waals surface area contributed by atoms with E-state index < -0.39 is 10.0 Å². The van der Waals surface area contributed by atoms with Gasteiger partial charge in [-0.25, -0.2) is 12.7 Å². The van der Waals surface area contributed by atoms with E-state index in [2.05, 4.69) is 15.6 Å². The number of hydrogen-bond acceptors (Lipinski definition) is 5. The van der Waals surface area contributed by atoms with Gasteiger partial charge in [0.15, 0.2) is 17.5 Å². The predicted molar refractivity (Wildman–Crippen MR) is 97.5 cm³/mol. The zero-order valence-electron chi connectivity index (χ0n) is 14.9. The number of guanidine groups is 1. The standard InChI is InChI=1S/C16H26N4O4S/c1-4-20(25(3,21)22)9-5-8-18-16(17-2)19-11-13-6-7-14-15(10-13)24-12-23-14/h6-7,10H,4-5,8-9,11-12H2,1-3H3,(H2,17,18,19). The van der Waals surface area contributed by atoms with E-state index in [0.717, 1.165) is 17.1 Å². The van der Waals surface area contributed by atoms with Gasteiger partial charge in [0.1, 0.15) is 0 Å². The van der Waals surface area contributed by atoms with Crippen LogP contribution in [-0.2, 0) is 16.6 Å². The summed E-state index contributed by atoms with van der Waals surface area (Å²) in [4.78, 5) is 4.17. The molecule has 0 saturated carbocycles. The van der Waals surface area contributed by atoms with Crippen molar-refractivity contribution in [1.29, 1.82) is 0 Å². The van der Waals surface area contributed by atoms with Gasteiger partial charge in [-0.3, -0.25) is 4.99 Å². The third-order valence-corrected chi connectivity index (χ3v) is 5.20. The number of aliphatic imine (C=N–C) groups is 1. The molecule has 1 aliphatic heterocycles. The van der Waals surface area contributed by atoms with Crippen molar-refractivity contribution in [2.24, 2.45) is 4.99 Å². The molecule has 0 unspecified atom stereocenters. The Labute approximate surface area is 149 Å². The molecule has 25 heavy (non-hydrogen) atoms. The fourth-order valence-electron chi connectivity index (χ4n) is 2.48. The summed E-state index contributed by atoms with van der Waals surface area (Å²) >= 11 is 0. The highest BCUT2D eigenvalue weighted by atomic mass is 32.2. The summed E-state index contributed by atoms with van der Waals surface area (Å²) in [6.07, 6.45) is 1.93. The van der Waals surface area contributed by atoms with E-state index in [-0.39, 0.29) is 6.79 Å². The van der Waals surface area contributed by atoms with Crippen molar-refractivity contribution in [2.45, 2.75) is 19.9 Å². The second kappa shape index (κ2) is 8.91. The summed E-state index contributed by atoms with van der Waals surface area (Å²) in [5.74, 6) is 2.18. The number of nitrogens with one attached hydrogen (secondary N) is 2. The van der Waals surface area contributed by atoms with Gasteiger partial charge in [0.05, 0.1) is 6.26 Å². The van der Waals surface area contributed by atoms with Crippen LogP contribution in [0, 0.1) is 0 Å². The van der Waals surface area contributed by atoms with Crippen LogP contribution in [0.2, 0.25) is 0 Å². The molecule has 1 aromatic carbocycles. The summed E-state index contributed by atoms with van der Waals surface area (Å²) in [7, 11) is -1.44. The van der Waals surface area contributed by atoms with Gasteiger partial charge in [0, 0.05) is 33.2 Å². The summed E-state index contributed by atoms with van der Waals surface area (Å²) in [5.41, 5.74) is 1.06. The lowest BCUT2D eigenvalue weighted by atomic mass is 10.2. The molecular weight excluding hydrogens is 344 g/mol. The van der Waals surface area contributed by atoms with Gasteiger partial charge >= 0.3 is 0 Å². The summed E-state index contributed by atoms with van der Waals surface area (Å²) in [6, 6.07) is 5.80. The molecule has 1 aliphatic rings. The molecule has 0 spiro atoms.